The van der Waals surface area contributed by atoms with Crippen LogP contribution in [0.1, 0.15) is 25.3 Å². The van der Waals surface area contributed by atoms with Crippen LogP contribution >= 0.6 is 0 Å². The van der Waals surface area contributed by atoms with Gasteiger partial charge in [-0.25, -0.2) is 0 Å². The number of aliphatic hydroxyl groups is 1. The quantitative estimate of drug-likeness (QED) is 0.720. The fraction of sp³-hybridized carbons (Fsp3) is 0.588. The maximum atomic E-state index is 9.91. The van der Waals surface area contributed by atoms with Crippen molar-refractivity contribution in [2.24, 2.45) is 11.8 Å². The molecule has 2 rings (SSSR count). The highest BCUT2D eigenvalue weighted by Gasteiger charge is 2.18. The summed E-state index contributed by atoms with van der Waals surface area (Å²) < 4.78 is 5.67. The zero-order valence-corrected chi connectivity index (χ0v) is 12.7. The van der Waals surface area contributed by atoms with Crippen molar-refractivity contribution in [3.8, 4) is 0 Å². The number of hydrogen-bond donors (Lipinski definition) is 2. The van der Waals surface area contributed by atoms with E-state index in [0.717, 1.165) is 31.6 Å². The fourth-order valence-corrected chi connectivity index (χ4v) is 2.54. The first-order valence-electron chi connectivity index (χ1n) is 7.76. The van der Waals surface area contributed by atoms with Gasteiger partial charge in [-0.2, -0.15) is 0 Å². The average Bonchev–Trinajstić information content (AvgIpc) is 2.50. The number of pyridine rings is 1. The van der Waals surface area contributed by atoms with E-state index in [4.69, 9.17) is 4.74 Å². The highest BCUT2D eigenvalue weighted by Crippen LogP contribution is 2.24. The standard InChI is InChI=1S/C17H26N2O2/c1-14-5-2-3-7-16(14)12-21-13-17(20)11-19-10-15-6-4-8-18-9-15/h2-4,6,8-9,14,16-17,19-20H,5,7,10-13H2,1H3. The number of hydrogen-bond acceptors (Lipinski definition) is 4. The molecule has 21 heavy (non-hydrogen) atoms. The van der Waals surface area contributed by atoms with E-state index in [0.29, 0.717) is 25.0 Å². The second kappa shape index (κ2) is 8.93. The van der Waals surface area contributed by atoms with Crippen LogP contribution in [0.5, 0.6) is 0 Å². The molecule has 4 nitrogen and oxygen atoms in total. The maximum absolute atomic E-state index is 9.91. The molecule has 1 aliphatic rings. The number of nitrogens with one attached hydrogen (secondary N) is 1. The number of aromatic nitrogens is 1. The molecule has 1 aromatic heterocycles. The van der Waals surface area contributed by atoms with Crippen LogP contribution in [0.2, 0.25) is 0 Å². The van der Waals surface area contributed by atoms with E-state index in [1.807, 2.05) is 18.3 Å². The molecule has 0 bridgehead atoms. The van der Waals surface area contributed by atoms with Gasteiger partial charge < -0.3 is 15.2 Å². The van der Waals surface area contributed by atoms with Crippen molar-refractivity contribution < 1.29 is 9.84 Å². The largest absolute Gasteiger partial charge is 0.389 e. The van der Waals surface area contributed by atoms with E-state index in [1.165, 1.54) is 0 Å². The Hall–Kier alpha value is -1.23. The predicted molar refractivity (Wildman–Crippen MR) is 83.8 cm³/mol. The second-order valence-corrected chi connectivity index (χ2v) is 5.86. The number of ether oxygens (including phenoxy) is 1. The molecule has 0 saturated heterocycles. The zero-order chi connectivity index (χ0) is 14.9. The molecular weight excluding hydrogens is 264 g/mol. The Morgan fingerprint density at radius 2 is 2.29 bits per heavy atom. The van der Waals surface area contributed by atoms with Gasteiger partial charge in [0.25, 0.3) is 0 Å². The molecule has 0 saturated carbocycles. The molecule has 0 radical (unpaired) electrons. The SMILES string of the molecule is CC1CC=CCC1COCC(O)CNCc1cccnc1. The van der Waals surface area contributed by atoms with Gasteiger partial charge in [-0.1, -0.05) is 25.1 Å². The number of aliphatic hydroxyl groups excluding tert-OH is 1. The number of rotatable bonds is 8. The van der Waals surface area contributed by atoms with Crippen LogP contribution in [-0.2, 0) is 11.3 Å². The Balaban J connectivity index is 1.55. The number of allylic oxidation sites excluding steroid dienone is 2. The Labute approximate surface area is 127 Å². The lowest BCUT2D eigenvalue weighted by molar-refractivity contribution is 0.0127. The molecule has 0 aromatic carbocycles. The summed E-state index contributed by atoms with van der Waals surface area (Å²) in [5, 5.41) is 13.1. The molecule has 0 spiro atoms. The van der Waals surface area contributed by atoms with Gasteiger partial charge in [-0.15, -0.1) is 0 Å². The van der Waals surface area contributed by atoms with Gasteiger partial charge in [0.1, 0.15) is 0 Å². The minimum absolute atomic E-state index is 0.396. The topological polar surface area (TPSA) is 54.4 Å². The summed E-state index contributed by atoms with van der Waals surface area (Å²) >= 11 is 0. The first-order chi connectivity index (χ1) is 10.3. The van der Waals surface area contributed by atoms with Crippen LogP contribution in [-0.4, -0.2) is 36.0 Å². The Kier molecular flexibility index (Phi) is 6.86. The van der Waals surface area contributed by atoms with E-state index in [2.05, 4.69) is 29.4 Å². The minimum Gasteiger partial charge on any atom is -0.389 e. The molecule has 2 N–H and O–H groups in total. The monoisotopic (exact) mass is 290 g/mol. The van der Waals surface area contributed by atoms with E-state index < -0.39 is 6.10 Å². The summed E-state index contributed by atoms with van der Waals surface area (Å²) in [6.45, 7) is 4.66. The molecule has 1 aliphatic carbocycles. The average molecular weight is 290 g/mol. The first kappa shape index (κ1) is 16.1. The second-order valence-electron chi connectivity index (χ2n) is 5.86. The summed E-state index contributed by atoms with van der Waals surface area (Å²) in [5.74, 6) is 1.27. The minimum atomic E-state index is -0.462. The molecule has 0 aliphatic heterocycles. The van der Waals surface area contributed by atoms with Crippen molar-refractivity contribution in [1.29, 1.82) is 0 Å². The Morgan fingerprint density at radius 1 is 1.43 bits per heavy atom. The molecule has 116 valence electrons. The van der Waals surface area contributed by atoms with Crippen LogP contribution in [0, 0.1) is 11.8 Å². The van der Waals surface area contributed by atoms with Crippen molar-refractivity contribution >= 4 is 0 Å². The Bertz CT molecular complexity index is 422. The molecule has 0 amide bonds. The van der Waals surface area contributed by atoms with E-state index in [1.54, 1.807) is 6.20 Å². The fourth-order valence-electron chi connectivity index (χ4n) is 2.54. The van der Waals surface area contributed by atoms with Crippen molar-refractivity contribution in [3.63, 3.8) is 0 Å². The van der Waals surface area contributed by atoms with Crippen LogP contribution in [0.25, 0.3) is 0 Å². The highest BCUT2D eigenvalue weighted by atomic mass is 16.5. The third-order valence-corrected chi connectivity index (χ3v) is 3.99. The Morgan fingerprint density at radius 3 is 3.05 bits per heavy atom. The maximum Gasteiger partial charge on any atom is 0.0897 e. The molecular formula is C17H26N2O2. The van der Waals surface area contributed by atoms with Gasteiger partial charge in [0.2, 0.25) is 0 Å². The summed E-state index contributed by atoms with van der Waals surface area (Å²) in [6.07, 6.45) is 9.84. The normalized spacial score (nSPS) is 23.1. The van der Waals surface area contributed by atoms with Gasteiger partial charge in [0.05, 0.1) is 19.3 Å². The molecule has 0 fully saturated rings. The van der Waals surface area contributed by atoms with E-state index >= 15 is 0 Å². The molecule has 3 atom stereocenters. The van der Waals surface area contributed by atoms with Gasteiger partial charge in [0, 0.05) is 25.5 Å². The van der Waals surface area contributed by atoms with Crippen molar-refractivity contribution in [1.82, 2.24) is 10.3 Å². The molecule has 1 heterocycles. The van der Waals surface area contributed by atoms with Crippen LogP contribution in [0.3, 0.4) is 0 Å². The lowest BCUT2D eigenvalue weighted by atomic mass is 9.85. The summed E-state index contributed by atoms with van der Waals surface area (Å²) in [4.78, 5) is 4.06. The summed E-state index contributed by atoms with van der Waals surface area (Å²) in [5.41, 5.74) is 1.12. The smallest absolute Gasteiger partial charge is 0.0897 e. The van der Waals surface area contributed by atoms with E-state index in [-0.39, 0.29) is 0 Å². The molecule has 3 unspecified atom stereocenters. The van der Waals surface area contributed by atoms with Crippen molar-refractivity contribution in [2.75, 3.05) is 19.8 Å². The highest BCUT2D eigenvalue weighted by molar-refractivity contribution is 5.07. The third kappa shape index (κ3) is 5.96. The molecule has 4 heteroatoms. The van der Waals surface area contributed by atoms with Gasteiger partial charge >= 0.3 is 0 Å². The zero-order valence-electron chi connectivity index (χ0n) is 12.7. The van der Waals surface area contributed by atoms with Gasteiger partial charge in [-0.05, 0) is 36.3 Å². The lowest BCUT2D eigenvalue weighted by Gasteiger charge is -2.25. The lowest BCUT2D eigenvalue weighted by Crippen LogP contribution is -2.31. The first-order valence-corrected chi connectivity index (χ1v) is 7.76. The number of nitrogens with zero attached hydrogens (tertiary/aromatic N) is 1. The van der Waals surface area contributed by atoms with Gasteiger partial charge in [-0.3, -0.25) is 4.98 Å². The van der Waals surface area contributed by atoms with Crippen molar-refractivity contribution in [2.45, 2.75) is 32.4 Å². The summed E-state index contributed by atoms with van der Waals surface area (Å²) in [6, 6.07) is 3.93. The van der Waals surface area contributed by atoms with Crippen LogP contribution < -0.4 is 5.32 Å². The third-order valence-electron chi connectivity index (χ3n) is 3.99. The van der Waals surface area contributed by atoms with E-state index in [9.17, 15) is 5.11 Å². The predicted octanol–water partition coefficient (Wildman–Crippen LogP) is 2.15. The van der Waals surface area contributed by atoms with Gasteiger partial charge in [0.15, 0.2) is 0 Å². The van der Waals surface area contributed by atoms with Crippen molar-refractivity contribution in [3.05, 3.63) is 42.2 Å². The summed E-state index contributed by atoms with van der Waals surface area (Å²) in [7, 11) is 0. The molecule has 1 aromatic rings. The van der Waals surface area contributed by atoms with Crippen LogP contribution in [0.15, 0.2) is 36.7 Å². The van der Waals surface area contributed by atoms with Crippen LogP contribution in [0.4, 0.5) is 0 Å².